The van der Waals surface area contributed by atoms with Gasteiger partial charge in [0.2, 0.25) is 0 Å². The summed E-state index contributed by atoms with van der Waals surface area (Å²) in [5.74, 6) is -1.14. The summed E-state index contributed by atoms with van der Waals surface area (Å²) in [6, 6.07) is 24.9. The number of likely N-dealkylation sites (tertiary alicyclic amines) is 1. The quantitative estimate of drug-likeness (QED) is 0.113. The second kappa shape index (κ2) is 12.0. The average Bonchev–Trinajstić information content (AvgIpc) is 2.96. The molecule has 0 radical (unpaired) electrons. The highest BCUT2D eigenvalue weighted by molar-refractivity contribution is 6.42. The molecular weight excluding hydrogens is 630 g/mol. The van der Waals surface area contributed by atoms with Crippen molar-refractivity contribution < 1.29 is 35.5 Å². The molecule has 1 fully saturated rings. The van der Waals surface area contributed by atoms with Crippen LogP contribution in [0.15, 0.2) is 103 Å². The Balaban J connectivity index is 1.38. The fourth-order valence-electron chi connectivity index (χ4n) is 5.27. The third kappa shape index (κ3) is 6.55. The number of benzene rings is 4. The Morgan fingerprint density at radius 2 is 1.30 bits per heavy atom. The lowest BCUT2D eigenvalue weighted by atomic mass is 9.83. The van der Waals surface area contributed by atoms with Crippen LogP contribution in [0.5, 0.6) is 0 Å². The molecule has 0 aliphatic carbocycles. The minimum atomic E-state index is -5.21. The SMILES string of the molecule is O=C(C=C(c1cc(Cl)c(Cl)c(C(F)(F)F)c1)C(F)(F)F)c1ccc(C2(F)CN(C(c3ccccc3)c3ccccc3)C2)cc1. The van der Waals surface area contributed by atoms with Gasteiger partial charge in [-0.3, -0.25) is 9.69 Å². The van der Waals surface area contributed by atoms with Crippen molar-refractivity contribution in [2.75, 3.05) is 13.1 Å². The van der Waals surface area contributed by atoms with Crippen molar-refractivity contribution >= 4 is 34.6 Å². The van der Waals surface area contributed by atoms with Gasteiger partial charge in [0.15, 0.2) is 11.5 Å². The topological polar surface area (TPSA) is 20.3 Å². The van der Waals surface area contributed by atoms with Crippen molar-refractivity contribution in [1.82, 2.24) is 4.90 Å². The molecule has 0 bridgehead atoms. The normalized spacial score (nSPS) is 15.7. The van der Waals surface area contributed by atoms with Crippen molar-refractivity contribution in [3.63, 3.8) is 0 Å². The number of carbonyl (C=O) groups is 1. The van der Waals surface area contributed by atoms with Crippen LogP contribution in [0.3, 0.4) is 0 Å². The molecule has 11 heteroatoms. The van der Waals surface area contributed by atoms with Gasteiger partial charge in [0.25, 0.3) is 0 Å². The van der Waals surface area contributed by atoms with Crippen LogP contribution in [-0.4, -0.2) is 29.9 Å². The largest absolute Gasteiger partial charge is 0.417 e. The van der Waals surface area contributed by atoms with Crippen LogP contribution in [0.25, 0.3) is 5.57 Å². The number of ketones is 1. The summed E-state index contributed by atoms with van der Waals surface area (Å²) in [5, 5.41) is -1.71. The molecule has 5 rings (SSSR count). The van der Waals surface area contributed by atoms with Gasteiger partial charge in [0.05, 0.1) is 27.2 Å². The third-order valence-electron chi connectivity index (χ3n) is 7.42. The molecule has 0 N–H and O–H groups in total. The van der Waals surface area contributed by atoms with Crippen LogP contribution in [0.4, 0.5) is 30.7 Å². The molecule has 4 aromatic carbocycles. The molecular formula is C33H22Cl2F7NO. The van der Waals surface area contributed by atoms with E-state index < -0.39 is 50.5 Å². The van der Waals surface area contributed by atoms with E-state index in [-0.39, 0.29) is 42.4 Å². The smallest absolute Gasteiger partial charge is 0.289 e. The Morgan fingerprint density at radius 1 is 0.773 bits per heavy atom. The van der Waals surface area contributed by atoms with Crippen molar-refractivity contribution in [3.8, 4) is 0 Å². The Kier molecular flexibility index (Phi) is 8.68. The van der Waals surface area contributed by atoms with Crippen molar-refractivity contribution in [1.29, 1.82) is 0 Å². The van der Waals surface area contributed by atoms with Gasteiger partial charge in [0.1, 0.15) is 0 Å². The zero-order chi connectivity index (χ0) is 31.9. The number of alkyl halides is 7. The van der Waals surface area contributed by atoms with Gasteiger partial charge in [-0.2, -0.15) is 26.3 Å². The number of rotatable bonds is 7. The van der Waals surface area contributed by atoms with Crippen molar-refractivity contribution in [2.24, 2.45) is 0 Å². The number of hydrogen-bond acceptors (Lipinski definition) is 2. The maximum atomic E-state index is 16.0. The van der Waals surface area contributed by atoms with Crippen LogP contribution in [0, 0.1) is 0 Å². The highest BCUT2D eigenvalue weighted by Gasteiger charge is 2.48. The van der Waals surface area contributed by atoms with Crippen molar-refractivity contribution in [3.05, 3.63) is 147 Å². The molecule has 0 spiro atoms. The maximum absolute atomic E-state index is 16.0. The minimum absolute atomic E-state index is 0.0335. The second-order valence-electron chi connectivity index (χ2n) is 10.4. The number of allylic oxidation sites excluding steroid dienone is 2. The highest BCUT2D eigenvalue weighted by atomic mass is 35.5. The first-order valence-electron chi connectivity index (χ1n) is 13.2. The molecule has 0 aromatic heterocycles. The number of carbonyl (C=O) groups excluding carboxylic acids is 1. The van der Waals surface area contributed by atoms with Gasteiger partial charge < -0.3 is 0 Å². The minimum Gasteiger partial charge on any atom is -0.289 e. The monoisotopic (exact) mass is 651 g/mol. The van der Waals surface area contributed by atoms with Gasteiger partial charge in [0, 0.05) is 18.7 Å². The zero-order valence-electron chi connectivity index (χ0n) is 22.6. The summed E-state index contributed by atoms with van der Waals surface area (Å²) in [7, 11) is 0. The first-order chi connectivity index (χ1) is 20.7. The molecule has 44 heavy (non-hydrogen) atoms. The molecule has 4 aromatic rings. The van der Waals surface area contributed by atoms with Gasteiger partial charge in [-0.15, -0.1) is 0 Å². The van der Waals surface area contributed by atoms with E-state index >= 15 is 4.39 Å². The molecule has 0 atom stereocenters. The van der Waals surface area contributed by atoms with Crippen LogP contribution >= 0.6 is 23.2 Å². The van der Waals surface area contributed by atoms with Gasteiger partial charge in [-0.05, 0) is 40.5 Å². The van der Waals surface area contributed by atoms with Crippen molar-refractivity contribution in [2.45, 2.75) is 24.1 Å². The molecule has 0 saturated carbocycles. The fraction of sp³-hybridized carbons (Fsp3) is 0.182. The number of hydrogen-bond donors (Lipinski definition) is 0. The molecule has 228 valence electrons. The van der Waals surface area contributed by atoms with E-state index in [1.165, 1.54) is 24.3 Å². The first kappa shape index (κ1) is 31.8. The summed E-state index contributed by atoms with van der Waals surface area (Å²) < 4.78 is 97.9. The summed E-state index contributed by atoms with van der Waals surface area (Å²) >= 11 is 11.3. The molecule has 1 saturated heterocycles. The van der Waals surface area contributed by atoms with Gasteiger partial charge in [-0.25, -0.2) is 4.39 Å². The average molecular weight is 652 g/mol. The molecule has 0 unspecified atom stereocenters. The van der Waals surface area contributed by atoms with E-state index in [4.69, 9.17) is 23.2 Å². The summed E-state index contributed by atoms with van der Waals surface area (Å²) in [4.78, 5) is 14.8. The van der Waals surface area contributed by atoms with Crippen LogP contribution in [-0.2, 0) is 11.8 Å². The standard InChI is InChI=1S/C33H22Cl2F7NO/c34-27-16-23(15-26(29(27)35)33(40,41)42)25(32(37,38)39)17-28(44)20-11-13-24(14-12-20)31(36)18-43(19-31)30(21-7-3-1-4-8-21)22-9-5-2-6-10-22/h1-17,30H,18-19H2. The lowest BCUT2D eigenvalue weighted by Gasteiger charge is -2.49. The van der Waals surface area contributed by atoms with Crippen LogP contribution < -0.4 is 0 Å². The first-order valence-corrected chi connectivity index (χ1v) is 14.0. The third-order valence-corrected chi connectivity index (χ3v) is 8.22. The lowest BCUT2D eigenvalue weighted by Crippen LogP contribution is -2.57. The number of nitrogens with zero attached hydrogens (tertiary/aromatic N) is 1. The zero-order valence-corrected chi connectivity index (χ0v) is 24.1. The van der Waals surface area contributed by atoms with Gasteiger partial charge >= 0.3 is 12.4 Å². The molecule has 1 heterocycles. The van der Waals surface area contributed by atoms with E-state index in [0.717, 1.165) is 11.1 Å². The highest BCUT2D eigenvalue weighted by Crippen LogP contribution is 2.45. The predicted molar refractivity (Wildman–Crippen MR) is 155 cm³/mol. The van der Waals surface area contributed by atoms with E-state index in [9.17, 15) is 31.1 Å². The maximum Gasteiger partial charge on any atom is 0.417 e. The fourth-order valence-corrected chi connectivity index (χ4v) is 5.71. The molecule has 0 amide bonds. The lowest BCUT2D eigenvalue weighted by molar-refractivity contribution is -0.137. The van der Waals surface area contributed by atoms with E-state index in [0.29, 0.717) is 6.07 Å². The Morgan fingerprint density at radius 3 is 1.77 bits per heavy atom. The Labute approximate surface area is 258 Å². The Hall–Kier alpha value is -3.66. The predicted octanol–water partition coefficient (Wildman–Crippen LogP) is 10.1. The molecule has 1 aliphatic rings. The molecule has 2 nitrogen and oxygen atoms in total. The number of halogens is 9. The van der Waals surface area contributed by atoms with Gasteiger partial charge in [-0.1, -0.05) is 108 Å². The summed E-state index contributed by atoms with van der Waals surface area (Å²) in [5.41, 5.74) is -3.96. The van der Waals surface area contributed by atoms with E-state index in [2.05, 4.69) is 0 Å². The second-order valence-corrected chi connectivity index (χ2v) is 11.2. The summed E-state index contributed by atoms with van der Waals surface area (Å²) in [6.07, 6.45) is -10.1. The molecule has 1 aliphatic heterocycles. The van der Waals surface area contributed by atoms with Crippen LogP contribution in [0.2, 0.25) is 10.0 Å². The van der Waals surface area contributed by atoms with Crippen LogP contribution in [0.1, 0.15) is 44.2 Å². The summed E-state index contributed by atoms with van der Waals surface area (Å²) in [6.45, 7) is 0.0669. The van der Waals surface area contributed by atoms with E-state index in [1.54, 1.807) is 0 Å². The van der Waals surface area contributed by atoms with E-state index in [1.807, 2.05) is 65.6 Å². The Bertz CT molecular complexity index is 1640.